The van der Waals surface area contributed by atoms with Crippen molar-refractivity contribution in [3.05, 3.63) is 35.4 Å². The van der Waals surface area contributed by atoms with Crippen molar-refractivity contribution in [2.75, 3.05) is 34.7 Å². The fourth-order valence-corrected chi connectivity index (χ4v) is 1.92. The van der Waals surface area contributed by atoms with E-state index in [0.717, 1.165) is 12.1 Å². The summed E-state index contributed by atoms with van der Waals surface area (Å²) >= 11 is 0. The molecule has 1 unspecified atom stereocenters. The van der Waals surface area contributed by atoms with Gasteiger partial charge in [0.1, 0.15) is 17.2 Å². The average Bonchev–Trinajstić information content (AvgIpc) is 2.26. The maximum atomic E-state index is 13.7. The first-order valence-electron chi connectivity index (χ1n) is 6.22. The number of guanidine groups is 1. The van der Waals surface area contributed by atoms with Gasteiger partial charge in [0.2, 0.25) is 0 Å². The molecule has 0 saturated heterocycles. The Bertz CT molecular complexity index is 489. The summed E-state index contributed by atoms with van der Waals surface area (Å²) in [5.74, 6) is -0.804. The predicted octanol–water partition coefficient (Wildman–Crippen LogP) is 1.65. The third kappa shape index (κ3) is 3.90. The van der Waals surface area contributed by atoms with Gasteiger partial charge in [-0.2, -0.15) is 0 Å². The summed E-state index contributed by atoms with van der Waals surface area (Å²) in [5, 5.41) is 10.4. The number of rotatable bonds is 3. The van der Waals surface area contributed by atoms with E-state index in [1.807, 2.05) is 28.2 Å². The first-order chi connectivity index (χ1) is 9.15. The number of nitrogens with zero attached hydrogens (tertiary/aromatic N) is 3. The molecule has 0 aliphatic carbocycles. The zero-order valence-electron chi connectivity index (χ0n) is 12.5. The molecule has 6 heteroatoms. The second kappa shape index (κ2) is 6.17. The predicted molar refractivity (Wildman–Crippen MR) is 75.6 cm³/mol. The summed E-state index contributed by atoms with van der Waals surface area (Å²) in [4.78, 5) is 7.87. The van der Waals surface area contributed by atoms with Crippen molar-refractivity contribution in [2.45, 2.75) is 12.5 Å². The van der Waals surface area contributed by atoms with Crippen LogP contribution in [0.15, 0.2) is 23.2 Å². The van der Waals surface area contributed by atoms with Crippen LogP contribution >= 0.6 is 0 Å². The molecule has 1 aromatic carbocycles. The summed E-state index contributed by atoms with van der Waals surface area (Å²) in [6, 6.07) is 3.12. The lowest BCUT2D eigenvalue weighted by Gasteiger charge is -2.26. The van der Waals surface area contributed by atoms with E-state index in [9.17, 15) is 13.9 Å². The smallest absolute Gasteiger partial charge is 0.195 e. The summed E-state index contributed by atoms with van der Waals surface area (Å²) in [6.45, 7) is 1.43. The van der Waals surface area contributed by atoms with Crippen molar-refractivity contribution in [1.29, 1.82) is 0 Å². The molecule has 1 atom stereocenters. The third-order valence-electron chi connectivity index (χ3n) is 2.84. The highest BCUT2D eigenvalue weighted by Gasteiger charge is 2.27. The second-order valence-electron chi connectivity index (χ2n) is 5.30. The summed E-state index contributed by atoms with van der Waals surface area (Å²) in [6.07, 6.45) is 0. The number of halogens is 2. The number of aliphatic hydroxyl groups is 1. The molecule has 4 nitrogen and oxygen atoms in total. The van der Waals surface area contributed by atoms with Crippen LogP contribution in [0.1, 0.15) is 12.5 Å². The Balaban J connectivity index is 3.02. The summed E-state index contributed by atoms with van der Waals surface area (Å²) < 4.78 is 26.6. The lowest BCUT2D eigenvalue weighted by atomic mass is 9.95. The molecule has 1 aromatic rings. The highest BCUT2D eigenvalue weighted by molar-refractivity contribution is 5.79. The fraction of sp³-hybridized carbons (Fsp3) is 0.500. The minimum absolute atomic E-state index is 0.0265. The number of hydrogen-bond donors (Lipinski definition) is 1. The molecule has 0 radical (unpaired) electrons. The Morgan fingerprint density at radius 2 is 1.75 bits per heavy atom. The van der Waals surface area contributed by atoms with Gasteiger partial charge in [-0.3, -0.25) is 0 Å². The Kier molecular flexibility index (Phi) is 5.05. The van der Waals surface area contributed by atoms with Gasteiger partial charge in [-0.1, -0.05) is 6.07 Å². The van der Waals surface area contributed by atoms with Crippen molar-refractivity contribution < 1.29 is 13.9 Å². The van der Waals surface area contributed by atoms with E-state index < -0.39 is 17.2 Å². The Morgan fingerprint density at radius 3 is 2.20 bits per heavy atom. The van der Waals surface area contributed by atoms with Gasteiger partial charge in [0.25, 0.3) is 0 Å². The molecule has 0 saturated carbocycles. The quantitative estimate of drug-likeness (QED) is 0.678. The molecule has 112 valence electrons. The molecule has 0 fully saturated rings. The van der Waals surface area contributed by atoms with E-state index in [-0.39, 0.29) is 12.1 Å². The molecule has 0 aromatic heterocycles. The number of aliphatic imine (C=N–C) groups is 1. The van der Waals surface area contributed by atoms with Crippen molar-refractivity contribution in [3.63, 3.8) is 0 Å². The van der Waals surface area contributed by atoms with Crippen molar-refractivity contribution in [2.24, 2.45) is 4.99 Å². The Hall–Kier alpha value is -1.69. The van der Waals surface area contributed by atoms with Gasteiger partial charge in [0.05, 0.1) is 6.54 Å². The second-order valence-corrected chi connectivity index (χ2v) is 5.30. The van der Waals surface area contributed by atoms with Crippen LogP contribution in [0.2, 0.25) is 0 Å². The van der Waals surface area contributed by atoms with Crippen molar-refractivity contribution in [3.8, 4) is 0 Å². The topological polar surface area (TPSA) is 39.1 Å². The van der Waals surface area contributed by atoms with Crippen LogP contribution in [0.4, 0.5) is 8.78 Å². The van der Waals surface area contributed by atoms with Gasteiger partial charge in [-0.25, -0.2) is 13.8 Å². The summed E-state index contributed by atoms with van der Waals surface area (Å²) in [7, 11) is 7.30. The van der Waals surface area contributed by atoms with E-state index in [4.69, 9.17) is 0 Å². The minimum atomic E-state index is -1.50. The highest BCUT2D eigenvalue weighted by Crippen LogP contribution is 2.24. The number of hydrogen-bond acceptors (Lipinski definition) is 2. The molecule has 0 aliphatic rings. The van der Waals surface area contributed by atoms with E-state index in [2.05, 4.69) is 4.99 Å². The standard InChI is InChI=1S/C14H21F2N3O/c1-14(20,9-17-13(18(2)3)19(4)5)11-7-6-10(15)8-12(11)16/h6-8,20H,9H2,1-5H3. The molecule has 0 aliphatic heterocycles. The van der Waals surface area contributed by atoms with Crippen LogP contribution in [0, 0.1) is 11.6 Å². The van der Waals surface area contributed by atoms with Crippen LogP contribution < -0.4 is 0 Å². The molecule has 0 heterocycles. The highest BCUT2D eigenvalue weighted by atomic mass is 19.1. The molecule has 1 rings (SSSR count). The third-order valence-corrected chi connectivity index (χ3v) is 2.84. The van der Waals surface area contributed by atoms with Crippen molar-refractivity contribution >= 4 is 5.96 Å². The fourth-order valence-electron chi connectivity index (χ4n) is 1.92. The van der Waals surface area contributed by atoms with Gasteiger partial charge in [-0.15, -0.1) is 0 Å². The zero-order chi connectivity index (χ0) is 15.5. The van der Waals surface area contributed by atoms with Gasteiger partial charge < -0.3 is 14.9 Å². The SMILES string of the molecule is CN(C)C(=NCC(C)(O)c1ccc(F)cc1F)N(C)C. The maximum Gasteiger partial charge on any atom is 0.195 e. The van der Waals surface area contributed by atoms with Gasteiger partial charge in [0.15, 0.2) is 5.96 Å². The largest absolute Gasteiger partial charge is 0.383 e. The van der Waals surface area contributed by atoms with E-state index in [0.29, 0.717) is 5.96 Å². The van der Waals surface area contributed by atoms with E-state index >= 15 is 0 Å². The Labute approximate surface area is 118 Å². The maximum absolute atomic E-state index is 13.7. The monoisotopic (exact) mass is 285 g/mol. The lowest BCUT2D eigenvalue weighted by Crippen LogP contribution is -2.37. The van der Waals surface area contributed by atoms with Gasteiger partial charge >= 0.3 is 0 Å². The first-order valence-corrected chi connectivity index (χ1v) is 6.22. The Morgan fingerprint density at radius 1 is 1.20 bits per heavy atom. The normalized spacial score (nSPS) is 13.6. The van der Waals surface area contributed by atoms with Crippen LogP contribution in [0.5, 0.6) is 0 Å². The summed E-state index contributed by atoms with van der Waals surface area (Å²) in [5.41, 5.74) is -1.48. The van der Waals surface area contributed by atoms with Crippen LogP contribution in [0.3, 0.4) is 0 Å². The van der Waals surface area contributed by atoms with Gasteiger partial charge in [0, 0.05) is 39.8 Å². The molecule has 0 amide bonds. The van der Waals surface area contributed by atoms with E-state index in [1.54, 1.807) is 9.80 Å². The van der Waals surface area contributed by atoms with Gasteiger partial charge in [-0.05, 0) is 13.0 Å². The average molecular weight is 285 g/mol. The van der Waals surface area contributed by atoms with Crippen LogP contribution in [-0.4, -0.2) is 55.6 Å². The molecular formula is C14H21F2N3O. The van der Waals surface area contributed by atoms with E-state index in [1.165, 1.54) is 13.0 Å². The van der Waals surface area contributed by atoms with Crippen LogP contribution in [-0.2, 0) is 5.60 Å². The molecule has 0 bridgehead atoms. The van der Waals surface area contributed by atoms with Crippen LogP contribution in [0.25, 0.3) is 0 Å². The minimum Gasteiger partial charge on any atom is -0.383 e. The zero-order valence-corrected chi connectivity index (χ0v) is 12.5. The lowest BCUT2D eigenvalue weighted by molar-refractivity contribution is 0.0628. The molecule has 1 N–H and O–H groups in total. The number of benzene rings is 1. The van der Waals surface area contributed by atoms with Crippen molar-refractivity contribution in [1.82, 2.24) is 9.80 Å². The molecule has 0 spiro atoms. The molecular weight excluding hydrogens is 264 g/mol. The molecule has 20 heavy (non-hydrogen) atoms. The first kappa shape index (κ1) is 16.4.